The fourth-order valence-electron chi connectivity index (χ4n) is 10.6. The zero-order valence-corrected chi connectivity index (χ0v) is 50.0. The van der Waals surface area contributed by atoms with E-state index in [9.17, 15) is 14.7 Å². The highest BCUT2D eigenvalue weighted by Crippen LogP contribution is 2.43. The summed E-state index contributed by atoms with van der Waals surface area (Å²) in [6.45, 7) is 46.7. The van der Waals surface area contributed by atoms with Crippen LogP contribution in [-0.2, 0) is 28.5 Å². The first-order chi connectivity index (χ1) is 33.3. The van der Waals surface area contributed by atoms with Crippen molar-refractivity contribution in [2.75, 3.05) is 0 Å². The number of esters is 2. The second kappa shape index (κ2) is 30.4. The predicted octanol–water partition coefficient (Wildman–Crippen LogP) is 17.9. The van der Waals surface area contributed by atoms with Gasteiger partial charge >= 0.3 is 11.9 Å². The Morgan fingerprint density at radius 2 is 1.00 bits per heavy atom. The summed E-state index contributed by atoms with van der Waals surface area (Å²) in [5.74, 6) is 3.51. The molecule has 4 aliphatic heterocycles. The van der Waals surface area contributed by atoms with Gasteiger partial charge in [-0.15, -0.1) is 0 Å². The van der Waals surface area contributed by atoms with E-state index in [2.05, 4.69) is 187 Å². The van der Waals surface area contributed by atoms with Crippen molar-refractivity contribution >= 4 is 11.9 Å². The van der Waals surface area contributed by atoms with Crippen molar-refractivity contribution in [1.29, 1.82) is 0 Å². The van der Waals surface area contributed by atoms with Crippen LogP contribution in [0.25, 0.3) is 0 Å². The molecule has 0 aromatic heterocycles. The number of epoxide rings is 2. The molecule has 16 atom stereocenters. The highest BCUT2D eigenvalue weighted by Gasteiger charge is 2.47. The molecule has 428 valence electrons. The largest absolute Gasteiger partial charge is 0.457 e. The molecule has 74 heavy (non-hydrogen) atoms. The summed E-state index contributed by atoms with van der Waals surface area (Å²) in [6.07, 6.45) is 31.1. The number of allylic oxidation sites excluding steroid dienone is 7. The van der Waals surface area contributed by atoms with Crippen LogP contribution in [0.1, 0.15) is 224 Å². The van der Waals surface area contributed by atoms with Gasteiger partial charge in [0, 0.05) is 24.7 Å². The fourth-order valence-corrected chi connectivity index (χ4v) is 10.6. The van der Waals surface area contributed by atoms with Crippen LogP contribution in [0.3, 0.4) is 0 Å². The zero-order valence-electron chi connectivity index (χ0n) is 50.0. The average molecular weight is 1040 g/mol. The summed E-state index contributed by atoms with van der Waals surface area (Å²) in [4.78, 5) is 25.6. The number of ether oxygens (including phenoxy) is 4. The van der Waals surface area contributed by atoms with Crippen molar-refractivity contribution in [2.24, 2.45) is 74.9 Å². The van der Waals surface area contributed by atoms with E-state index in [4.69, 9.17) is 18.9 Å². The molecule has 2 saturated heterocycles. The van der Waals surface area contributed by atoms with Crippen molar-refractivity contribution in [3.63, 3.8) is 0 Å². The molecule has 4 rings (SSSR count). The third-order valence-electron chi connectivity index (χ3n) is 17.9. The second-order valence-electron chi connectivity index (χ2n) is 26.9. The standard InChI is InChI=1S/C33H56O3.C32H54O4.2CH4/c1-12-23(3)27(7)31-28(35-31)21-32(8,9)18-13-14-24(4)30-25(5)15-16-26(6)33(10,11)19-17-22(2)20-29(34)36-30;1-11-22(3)25(6)30-26(35-30)20-31(7,8)17-12-13-23(4)29-24(5)14-15-27(33)32(9,10)18-16-21(2)19-28(34)36-29;;/h13-16,18,22-23,25-28,30-31H,12,17,19-21H2,1-11H3;12-15,17,21-22,24-27,29-30,33H,11,16,18-20H2,1-10H3;2*1H4/b16-15+,18-13+,24-14+;15-14+,17-12+,23-13+;;. The Morgan fingerprint density at radius 1 is 0.635 bits per heavy atom. The molecular weight excluding hydrogens is 917 g/mol. The Morgan fingerprint density at radius 3 is 1.38 bits per heavy atom. The van der Waals surface area contributed by atoms with Gasteiger partial charge in [0.1, 0.15) is 12.2 Å². The van der Waals surface area contributed by atoms with Crippen LogP contribution >= 0.6 is 0 Å². The van der Waals surface area contributed by atoms with Crippen molar-refractivity contribution in [3.05, 3.63) is 71.9 Å². The Kier molecular flexibility index (Phi) is 28.5. The smallest absolute Gasteiger partial charge is 0.306 e. The topological polar surface area (TPSA) is 97.9 Å². The normalized spacial score (nSPS) is 33.9. The summed E-state index contributed by atoms with van der Waals surface area (Å²) >= 11 is 0. The highest BCUT2D eigenvalue weighted by molar-refractivity contribution is 5.70. The lowest BCUT2D eigenvalue weighted by Crippen LogP contribution is -2.31. The lowest BCUT2D eigenvalue weighted by molar-refractivity contribution is -0.150. The molecule has 0 bridgehead atoms. The van der Waals surface area contributed by atoms with Crippen molar-refractivity contribution in [2.45, 2.75) is 267 Å². The maximum Gasteiger partial charge on any atom is 0.306 e. The molecule has 4 aliphatic rings. The first-order valence-electron chi connectivity index (χ1n) is 28.8. The molecular formula is C67H118O7. The maximum absolute atomic E-state index is 12.8. The van der Waals surface area contributed by atoms with Crippen molar-refractivity contribution in [3.8, 4) is 0 Å². The van der Waals surface area contributed by atoms with Gasteiger partial charge < -0.3 is 24.1 Å². The van der Waals surface area contributed by atoms with E-state index in [1.807, 2.05) is 19.1 Å². The fraction of sp³-hybridized carbons (Fsp3) is 0.791. The van der Waals surface area contributed by atoms with Crippen LogP contribution in [0, 0.1) is 74.9 Å². The first-order valence-corrected chi connectivity index (χ1v) is 28.8. The van der Waals surface area contributed by atoms with Gasteiger partial charge in [0.2, 0.25) is 0 Å². The van der Waals surface area contributed by atoms with Gasteiger partial charge in [-0.05, 0) is 127 Å². The number of hydrogen-bond donors (Lipinski definition) is 1. The van der Waals surface area contributed by atoms with Crippen LogP contribution < -0.4 is 0 Å². The highest BCUT2D eigenvalue weighted by atomic mass is 16.6. The summed E-state index contributed by atoms with van der Waals surface area (Å²) in [7, 11) is 0. The average Bonchev–Trinajstić information content (AvgIpc) is 4.24. The minimum absolute atomic E-state index is 0. The number of carbonyl (C=O) groups is 2. The number of carbonyl (C=O) groups excluding carboxylic acids is 2. The summed E-state index contributed by atoms with van der Waals surface area (Å²) < 4.78 is 24.2. The van der Waals surface area contributed by atoms with Gasteiger partial charge in [-0.1, -0.05) is 220 Å². The van der Waals surface area contributed by atoms with Gasteiger partial charge in [0.25, 0.3) is 0 Å². The Bertz CT molecular complexity index is 1740. The molecule has 7 heteroatoms. The molecule has 0 amide bonds. The molecule has 0 aromatic rings. The minimum atomic E-state index is -0.524. The van der Waals surface area contributed by atoms with E-state index in [1.165, 1.54) is 12.8 Å². The van der Waals surface area contributed by atoms with E-state index in [-0.39, 0.29) is 78.4 Å². The Hall–Kier alpha value is -2.74. The van der Waals surface area contributed by atoms with Crippen molar-refractivity contribution < 1.29 is 33.6 Å². The number of rotatable bonds is 16. The van der Waals surface area contributed by atoms with Crippen molar-refractivity contribution in [1.82, 2.24) is 0 Å². The van der Waals surface area contributed by atoms with E-state index in [0.717, 1.165) is 49.7 Å². The van der Waals surface area contributed by atoms with Gasteiger partial charge in [-0.25, -0.2) is 0 Å². The summed E-state index contributed by atoms with van der Waals surface area (Å²) in [6, 6.07) is 0. The van der Waals surface area contributed by atoms with Crippen LogP contribution in [0.2, 0.25) is 0 Å². The number of aliphatic hydroxyl groups excluding tert-OH is 1. The predicted molar refractivity (Wildman–Crippen MR) is 316 cm³/mol. The van der Waals surface area contributed by atoms with E-state index < -0.39 is 6.10 Å². The second-order valence-corrected chi connectivity index (χ2v) is 26.9. The van der Waals surface area contributed by atoms with E-state index >= 15 is 0 Å². The van der Waals surface area contributed by atoms with Gasteiger partial charge in [0.15, 0.2) is 0 Å². The lowest BCUT2D eigenvalue weighted by atomic mass is 9.74. The van der Waals surface area contributed by atoms with Gasteiger partial charge in [-0.2, -0.15) is 0 Å². The van der Waals surface area contributed by atoms with Crippen LogP contribution in [0.5, 0.6) is 0 Å². The molecule has 0 radical (unpaired) electrons. The molecule has 0 saturated carbocycles. The molecule has 0 aliphatic carbocycles. The third kappa shape index (κ3) is 22.7. The maximum atomic E-state index is 12.8. The first kappa shape index (κ1) is 69.3. The van der Waals surface area contributed by atoms with Gasteiger partial charge in [-0.3, -0.25) is 9.59 Å². The van der Waals surface area contributed by atoms with E-state index in [0.29, 0.717) is 72.8 Å². The van der Waals surface area contributed by atoms with Crippen LogP contribution in [0.15, 0.2) is 71.9 Å². The monoisotopic (exact) mass is 1030 g/mol. The van der Waals surface area contributed by atoms with E-state index in [1.54, 1.807) is 0 Å². The SMILES string of the molecule is C.C.CCC(C)C(C)C1OC1CC(C)(C)/C=C/C=C(\C)C1OC(=O)CC(C)CCC(C)(C)C(C)/C=C/C1C.CCC(C)C(C)C1OC1CC(C)(C)/C=C/C=C(\C)C1OC(=O)CC(C)CCC(C)(C)C(O)/C=C/C1C. The third-order valence-corrected chi connectivity index (χ3v) is 17.9. The summed E-state index contributed by atoms with van der Waals surface area (Å²) in [5.41, 5.74) is 2.17. The number of cyclic esters (lactones) is 2. The molecule has 0 aromatic carbocycles. The molecule has 0 spiro atoms. The van der Waals surface area contributed by atoms with Crippen LogP contribution in [0.4, 0.5) is 0 Å². The molecule has 16 unspecified atom stereocenters. The quantitative estimate of drug-likeness (QED) is 0.0712. The van der Waals surface area contributed by atoms with Crippen LogP contribution in [-0.4, -0.2) is 59.8 Å². The van der Waals surface area contributed by atoms with Gasteiger partial charge in [0.05, 0.1) is 30.5 Å². The molecule has 1 N–H and O–H groups in total. The lowest BCUT2D eigenvalue weighted by Gasteiger charge is -2.32. The summed E-state index contributed by atoms with van der Waals surface area (Å²) in [5, 5.41) is 10.8. The molecule has 4 heterocycles. The zero-order chi connectivity index (χ0) is 54.5. The Labute approximate surface area is 457 Å². The minimum Gasteiger partial charge on any atom is -0.457 e. The molecule has 7 nitrogen and oxygen atoms in total. The number of aliphatic hydroxyl groups is 1. The number of hydrogen-bond acceptors (Lipinski definition) is 7. The Balaban J connectivity index is 0.000000721. The molecule has 2 fully saturated rings.